The third kappa shape index (κ3) is 6.87. The van der Waals surface area contributed by atoms with Crippen LogP contribution in [0.1, 0.15) is 24.8 Å². The summed E-state index contributed by atoms with van der Waals surface area (Å²) in [5.74, 6) is -1.76. The van der Waals surface area contributed by atoms with Gasteiger partial charge < -0.3 is 19.3 Å². The first-order valence-corrected chi connectivity index (χ1v) is 9.44. The Labute approximate surface area is 168 Å². The number of hydrogen-bond donors (Lipinski definition) is 1. The fourth-order valence-electron chi connectivity index (χ4n) is 3.80. The van der Waals surface area contributed by atoms with Gasteiger partial charge in [-0.15, -0.1) is 0 Å². The Hall–Kier alpha value is -1.84. The molecule has 0 radical (unpaired) electrons. The zero-order chi connectivity index (χ0) is 21.5. The van der Waals surface area contributed by atoms with Gasteiger partial charge in [0.25, 0.3) is 0 Å². The highest BCUT2D eigenvalue weighted by Gasteiger charge is 2.42. The van der Waals surface area contributed by atoms with Gasteiger partial charge >= 0.3 is 12.1 Å². The molecule has 0 aromatic heterocycles. The first-order chi connectivity index (χ1) is 13.7. The third-order valence-corrected chi connectivity index (χ3v) is 5.38. The lowest BCUT2D eigenvalue weighted by molar-refractivity contribution is -0.192. The van der Waals surface area contributed by atoms with Gasteiger partial charge in [0.05, 0.1) is 26.4 Å². The average Bonchev–Trinajstić information content (AvgIpc) is 3.07. The number of carboxylic acid groups (broad SMARTS) is 1. The second kappa shape index (κ2) is 10.3. The van der Waals surface area contributed by atoms with E-state index in [0.717, 1.165) is 45.0 Å². The minimum Gasteiger partial charge on any atom is -0.496 e. The number of benzene rings is 1. The molecule has 2 heterocycles. The molecule has 0 saturated carbocycles. The number of carbonyl (C=O) groups is 1. The quantitative estimate of drug-likeness (QED) is 0.790. The first kappa shape index (κ1) is 23.4. The summed E-state index contributed by atoms with van der Waals surface area (Å²) < 4.78 is 48.3. The maximum Gasteiger partial charge on any atom is 0.490 e. The lowest BCUT2D eigenvalue weighted by Gasteiger charge is -2.38. The van der Waals surface area contributed by atoms with Crippen LogP contribution in [0.15, 0.2) is 24.3 Å². The fourth-order valence-corrected chi connectivity index (χ4v) is 3.80. The molecule has 0 aliphatic carbocycles. The van der Waals surface area contributed by atoms with Crippen LogP contribution in [0.3, 0.4) is 0 Å². The number of piperidine rings is 1. The van der Waals surface area contributed by atoms with Crippen molar-refractivity contribution in [3.8, 4) is 5.75 Å². The van der Waals surface area contributed by atoms with Gasteiger partial charge in [-0.3, -0.25) is 4.90 Å². The Kier molecular flexibility index (Phi) is 8.30. The number of para-hydroxylation sites is 1. The summed E-state index contributed by atoms with van der Waals surface area (Å²) in [5.41, 5.74) is 1.67. The Bertz CT molecular complexity index is 660. The predicted molar refractivity (Wildman–Crippen MR) is 99.9 cm³/mol. The van der Waals surface area contributed by atoms with Crippen molar-refractivity contribution in [3.63, 3.8) is 0 Å². The minimum atomic E-state index is -5.08. The van der Waals surface area contributed by atoms with Crippen molar-refractivity contribution in [2.75, 3.05) is 40.5 Å². The number of halogens is 3. The Morgan fingerprint density at radius 1 is 1.28 bits per heavy atom. The van der Waals surface area contributed by atoms with E-state index >= 15 is 0 Å². The Balaban J connectivity index is 0.000000370. The van der Waals surface area contributed by atoms with Crippen LogP contribution >= 0.6 is 0 Å². The van der Waals surface area contributed by atoms with Crippen molar-refractivity contribution in [2.45, 2.75) is 38.1 Å². The molecular weight excluding hydrogens is 391 g/mol. The predicted octanol–water partition coefficient (Wildman–Crippen LogP) is 3.35. The summed E-state index contributed by atoms with van der Waals surface area (Å²) in [5, 5.41) is 7.12. The van der Waals surface area contributed by atoms with E-state index in [1.807, 2.05) is 12.1 Å². The summed E-state index contributed by atoms with van der Waals surface area (Å²) in [6, 6.07) is 8.32. The van der Waals surface area contributed by atoms with Crippen molar-refractivity contribution in [3.05, 3.63) is 29.8 Å². The second-order valence-electron chi connectivity index (χ2n) is 7.48. The number of methoxy groups -OCH3 is 2. The number of carboxylic acids is 1. The van der Waals surface area contributed by atoms with Gasteiger partial charge in [-0.05, 0) is 43.8 Å². The van der Waals surface area contributed by atoms with Crippen LogP contribution in [-0.2, 0) is 20.8 Å². The molecule has 1 atom stereocenters. The van der Waals surface area contributed by atoms with Gasteiger partial charge in [-0.2, -0.15) is 13.2 Å². The molecule has 1 aromatic rings. The van der Waals surface area contributed by atoms with Crippen LogP contribution in [0, 0.1) is 5.41 Å². The van der Waals surface area contributed by atoms with Crippen LogP contribution in [0.4, 0.5) is 13.2 Å². The average molecular weight is 419 g/mol. The van der Waals surface area contributed by atoms with Crippen molar-refractivity contribution < 1.29 is 37.3 Å². The molecule has 2 aliphatic rings. The lowest BCUT2D eigenvalue weighted by Crippen LogP contribution is -2.40. The van der Waals surface area contributed by atoms with E-state index in [1.165, 1.54) is 18.4 Å². The highest BCUT2D eigenvalue weighted by molar-refractivity contribution is 5.73. The summed E-state index contributed by atoms with van der Waals surface area (Å²) >= 11 is 0. The van der Waals surface area contributed by atoms with E-state index in [-0.39, 0.29) is 0 Å². The van der Waals surface area contributed by atoms with Crippen LogP contribution in [0.2, 0.25) is 0 Å². The molecule has 9 heteroatoms. The van der Waals surface area contributed by atoms with E-state index < -0.39 is 12.1 Å². The van der Waals surface area contributed by atoms with Crippen LogP contribution in [0.5, 0.6) is 5.75 Å². The number of rotatable bonds is 5. The van der Waals surface area contributed by atoms with Gasteiger partial charge in [0.15, 0.2) is 0 Å². The van der Waals surface area contributed by atoms with Crippen molar-refractivity contribution >= 4 is 5.97 Å². The van der Waals surface area contributed by atoms with Crippen LogP contribution in [-0.4, -0.2) is 68.8 Å². The summed E-state index contributed by atoms with van der Waals surface area (Å²) in [7, 11) is 3.50. The Morgan fingerprint density at radius 2 is 1.90 bits per heavy atom. The SMILES string of the molecule is COCC1CC2(CCN(Cc3ccccc3OC)CC2)CO1.O=C(O)C(F)(F)F. The highest BCUT2D eigenvalue weighted by atomic mass is 19.4. The number of alkyl halides is 3. The summed E-state index contributed by atoms with van der Waals surface area (Å²) in [6.07, 6.45) is -1.18. The van der Waals surface area contributed by atoms with E-state index in [2.05, 4.69) is 17.0 Å². The molecule has 2 aliphatic heterocycles. The number of hydrogen-bond acceptors (Lipinski definition) is 5. The van der Waals surface area contributed by atoms with Crippen molar-refractivity contribution in [2.24, 2.45) is 5.41 Å². The monoisotopic (exact) mass is 419 g/mol. The maximum absolute atomic E-state index is 10.6. The Morgan fingerprint density at radius 3 is 2.45 bits per heavy atom. The van der Waals surface area contributed by atoms with Gasteiger partial charge in [0, 0.05) is 19.2 Å². The van der Waals surface area contributed by atoms with Crippen molar-refractivity contribution in [1.29, 1.82) is 0 Å². The van der Waals surface area contributed by atoms with Gasteiger partial charge in [0.1, 0.15) is 5.75 Å². The second-order valence-corrected chi connectivity index (χ2v) is 7.48. The molecule has 2 saturated heterocycles. The minimum absolute atomic E-state index is 0.297. The fraction of sp³-hybridized carbons (Fsp3) is 0.650. The smallest absolute Gasteiger partial charge is 0.490 e. The van der Waals surface area contributed by atoms with E-state index in [9.17, 15) is 13.2 Å². The molecule has 1 aromatic carbocycles. The number of aliphatic carboxylic acids is 1. The molecule has 0 amide bonds. The maximum atomic E-state index is 10.6. The molecular formula is C20H28F3NO5. The molecule has 29 heavy (non-hydrogen) atoms. The van der Waals surface area contributed by atoms with E-state index in [4.69, 9.17) is 24.1 Å². The normalized spacial score (nSPS) is 21.5. The molecule has 6 nitrogen and oxygen atoms in total. The number of nitrogens with zero attached hydrogens (tertiary/aromatic N) is 1. The topological polar surface area (TPSA) is 68.2 Å². The van der Waals surface area contributed by atoms with E-state index in [1.54, 1.807) is 14.2 Å². The zero-order valence-electron chi connectivity index (χ0n) is 16.7. The molecule has 1 spiro atoms. The van der Waals surface area contributed by atoms with Gasteiger partial charge in [-0.25, -0.2) is 4.79 Å². The van der Waals surface area contributed by atoms with Crippen LogP contribution < -0.4 is 4.74 Å². The van der Waals surface area contributed by atoms with E-state index in [0.29, 0.717) is 11.5 Å². The van der Waals surface area contributed by atoms with Crippen LogP contribution in [0.25, 0.3) is 0 Å². The molecule has 3 rings (SSSR count). The molecule has 1 unspecified atom stereocenters. The molecule has 1 N–H and O–H groups in total. The largest absolute Gasteiger partial charge is 0.496 e. The number of ether oxygens (including phenoxy) is 3. The lowest BCUT2D eigenvalue weighted by atomic mass is 9.76. The summed E-state index contributed by atoms with van der Waals surface area (Å²) in [6.45, 7) is 4.89. The first-order valence-electron chi connectivity index (χ1n) is 9.44. The van der Waals surface area contributed by atoms with Crippen molar-refractivity contribution in [1.82, 2.24) is 4.90 Å². The highest BCUT2D eigenvalue weighted by Crippen LogP contribution is 2.42. The zero-order valence-corrected chi connectivity index (χ0v) is 16.7. The molecule has 2 fully saturated rings. The molecule has 0 bridgehead atoms. The van der Waals surface area contributed by atoms with Gasteiger partial charge in [-0.1, -0.05) is 18.2 Å². The number of likely N-dealkylation sites (tertiary alicyclic amines) is 1. The summed E-state index contributed by atoms with van der Waals surface area (Å²) in [4.78, 5) is 11.4. The standard InChI is InChI=1S/C18H27NO3.C2HF3O2/c1-20-13-16-11-18(14-22-16)7-9-19(10-8-18)12-15-5-3-4-6-17(15)21-2;3-2(4,5)1(6)7/h3-6,16H,7-14H2,1-2H3;(H,6,7). The molecule has 164 valence electrons. The third-order valence-electron chi connectivity index (χ3n) is 5.38. The van der Waals surface area contributed by atoms with Gasteiger partial charge in [0.2, 0.25) is 0 Å².